The van der Waals surface area contributed by atoms with Crippen molar-refractivity contribution in [2.75, 3.05) is 36.9 Å². The van der Waals surface area contributed by atoms with Gasteiger partial charge in [-0.15, -0.1) is 0 Å². The SMILES string of the molecule is CC(C)n1c(=O)n(CC2CCCO2)c(=O)c2cc(NC(=O)N3CCO[C@@H](C(=O)Nc4ccc(C#N)c(Cl)c4)C3)c(F)cc21. The van der Waals surface area contributed by atoms with Crippen LogP contribution >= 0.6 is 11.6 Å². The lowest BCUT2D eigenvalue weighted by atomic mass is 10.1. The van der Waals surface area contributed by atoms with Crippen LogP contribution in [0.3, 0.4) is 0 Å². The number of ether oxygens (including phenoxy) is 2. The number of halogens is 2. The van der Waals surface area contributed by atoms with E-state index in [1.165, 1.54) is 33.7 Å². The average molecular weight is 613 g/mol. The molecular weight excluding hydrogens is 583 g/mol. The molecule has 43 heavy (non-hydrogen) atoms. The highest BCUT2D eigenvalue weighted by atomic mass is 35.5. The van der Waals surface area contributed by atoms with E-state index in [-0.39, 0.29) is 65.6 Å². The molecule has 2 aromatic carbocycles. The molecule has 14 heteroatoms. The predicted octanol–water partition coefficient (Wildman–Crippen LogP) is 3.46. The van der Waals surface area contributed by atoms with Crippen LogP contribution in [-0.4, -0.2) is 64.5 Å². The molecule has 5 rings (SSSR count). The molecule has 226 valence electrons. The maximum absolute atomic E-state index is 15.3. The normalized spacial score (nSPS) is 18.6. The van der Waals surface area contributed by atoms with Crippen molar-refractivity contribution in [2.24, 2.45) is 0 Å². The molecule has 2 aliphatic heterocycles. The van der Waals surface area contributed by atoms with Gasteiger partial charge in [0.05, 0.1) is 53.0 Å². The number of nitrogens with zero attached hydrogens (tertiary/aromatic N) is 4. The van der Waals surface area contributed by atoms with E-state index in [1.807, 2.05) is 6.07 Å². The van der Waals surface area contributed by atoms with E-state index in [0.717, 1.165) is 23.5 Å². The van der Waals surface area contributed by atoms with E-state index >= 15 is 4.39 Å². The van der Waals surface area contributed by atoms with Gasteiger partial charge >= 0.3 is 11.7 Å². The molecule has 1 aromatic heterocycles. The van der Waals surface area contributed by atoms with Crippen molar-refractivity contribution in [1.29, 1.82) is 5.26 Å². The number of carbonyl (C=O) groups excluding carboxylic acids is 2. The van der Waals surface area contributed by atoms with Crippen molar-refractivity contribution in [1.82, 2.24) is 14.0 Å². The molecule has 2 saturated heterocycles. The number of fused-ring (bicyclic) bond motifs is 1. The minimum absolute atomic E-state index is 0.0500. The van der Waals surface area contributed by atoms with Gasteiger partial charge in [0.15, 0.2) is 6.10 Å². The van der Waals surface area contributed by atoms with Crippen LogP contribution in [-0.2, 0) is 20.8 Å². The fourth-order valence-electron chi connectivity index (χ4n) is 5.24. The van der Waals surface area contributed by atoms with Crippen LogP contribution < -0.4 is 21.9 Å². The smallest absolute Gasteiger partial charge is 0.331 e. The number of benzene rings is 2. The van der Waals surface area contributed by atoms with Gasteiger partial charge in [0, 0.05) is 30.9 Å². The van der Waals surface area contributed by atoms with Crippen LogP contribution in [0.25, 0.3) is 10.9 Å². The largest absolute Gasteiger partial charge is 0.376 e. The Labute approximate surface area is 250 Å². The summed E-state index contributed by atoms with van der Waals surface area (Å²) in [5.41, 5.74) is -0.676. The number of urea groups is 1. The molecule has 1 unspecified atom stereocenters. The molecule has 3 aromatic rings. The van der Waals surface area contributed by atoms with Crippen LogP contribution in [0.5, 0.6) is 0 Å². The molecule has 0 aliphatic carbocycles. The highest BCUT2D eigenvalue weighted by Crippen LogP contribution is 2.24. The lowest BCUT2D eigenvalue weighted by Crippen LogP contribution is -2.51. The number of rotatable bonds is 6. The van der Waals surface area contributed by atoms with Crippen LogP contribution in [0.1, 0.15) is 38.3 Å². The summed E-state index contributed by atoms with van der Waals surface area (Å²) in [6.45, 7) is 4.21. The minimum atomic E-state index is -1.03. The van der Waals surface area contributed by atoms with Crippen molar-refractivity contribution in [3.05, 3.63) is 67.6 Å². The zero-order valence-electron chi connectivity index (χ0n) is 23.6. The molecule has 0 bridgehead atoms. The number of nitriles is 1. The van der Waals surface area contributed by atoms with Crippen LogP contribution in [0.2, 0.25) is 5.02 Å². The Morgan fingerprint density at radius 2 is 1.95 bits per heavy atom. The topological polar surface area (TPSA) is 148 Å². The second-order valence-electron chi connectivity index (χ2n) is 10.7. The van der Waals surface area contributed by atoms with Crippen LogP contribution in [0.4, 0.5) is 20.6 Å². The number of nitrogens with one attached hydrogen (secondary N) is 2. The lowest BCUT2D eigenvalue weighted by Gasteiger charge is -2.32. The molecule has 0 radical (unpaired) electrons. The molecule has 2 fully saturated rings. The second kappa shape index (κ2) is 12.5. The number of morpholine rings is 1. The molecular formula is C29H30ClFN6O6. The summed E-state index contributed by atoms with van der Waals surface area (Å²) >= 11 is 6.04. The van der Waals surface area contributed by atoms with E-state index in [9.17, 15) is 19.2 Å². The Balaban J connectivity index is 1.36. The summed E-state index contributed by atoms with van der Waals surface area (Å²) in [4.78, 5) is 54.0. The Morgan fingerprint density at radius 1 is 1.16 bits per heavy atom. The van der Waals surface area contributed by atoms with Gasteiger partial charge in [0.1, 0.15) is 11.9 Å². The van der Waals surface area contributed by atoms with Gasteiger partial charge in [-0.3, -0.25) is 18.7 Å². The standard InChI is InChI=1S/C29H30ClFN6O6/c1-16(2)37-24-12-22(31)23(11-20(24)27(39)36(29(37)41)14-19-4-3-8-42-19)34-28(40)35-7-9-43-25(15-35)26(38)33-18-6-5-17(13-32)21(30)10-18/h5-6,10-12,16,19,25H,3-4,7-9,14-15H2,1-2H3,(H,33,38)(H,34,40)/t19?,25-/m1/s1. The third-order valence-electron chi connectivity index (χ3n) is 7.43. The fraction of sp³-hybridized carbons (Fsp3) is 0.414. The molecule has 0 spiro atoms. The summed E-state index contributed by atoms with van der Waals surface area (Å²) in [5.74, 6) is -1.36. The van der Waals surface area contributed by atoms with Gasteiger partial charge < -0.3 is 25.0 Å². The first-order valence-corrected chi connectivity index (χ1v) is 14.2. The first-order chi connectivity index (χ1) is 20.6. The summed E-state index contributed by atoms with van der Waals surface area (Å²) in [6, 6.07) is 7.59. The van der Waals surface area contributed by atoms with Crippen molar-refractivity contribution in [3.63, 3.8) is 0 Å². The van der Waals surface area contributed by atoms with Crippen LogP contribution in [0.15, 0.2) is 39.9 Å². The Kier molecular flexibility index (Phi) is 8.82. The molecule has 3 heterocycles. The van der Waals surface area contributed by atoms with Crippen molar-refractivity contribution in [2.45, 2.75) is 51.5 Å². The lowest BCUT2D eigenvalue weighted by molar-refractivity contribution is -0.131. The van der Waals surface area contributed by atoms with Crippen molar-refractivity contribution < 1.29 is 23.5 Å². The number of aromatic nitrogens is 2. The highest BCUT2D eigenvalue weighted by molar-refractivity contribution is 6.32. The first-order valence-electron chi connectivity index (χ1n) is 13.9. The Hall–Kier alpha value is -4.25. The van der Waals surface area contributed by atoms with E-state index in [4.69, 9.17) is 26.3 Å². The van der Waals surface area contributed by atoms with E-state index in [0.29, 0.717) is 12.3 Å². The maximum atomic E-state index is 15.3. The quantitative estimate of drug-likeness (QED) is 0.433. The number of carbonyl (C=O) groups is 2. The van der Waals surface area contributed by atoms with Gasteiger partial charge in [-0.1, -0.05) is 11.6 Å². The van der Waals surface area contributed by atoms with Gasteiger partial charge in [-0.25, -0.2) is 14.0 Å². The molecule has 12 nitrogen and oxygen atoms in total. The van der Waals surface area contributed by atoms with E-state index < -0.39 is 35.1 Å². The molecule has 2 atom stereocenters. The van der Waals surface area contributed by atoms with Gasteiger partial charge in [-0.05, 0) is 51.0 Å². The fourth-order valence-corrected chi connectivity index (χ4v) is 5.46. The summed E-state index contributed by atoms with van der Waals surface area (Å²) in [7, 11) is 0. The van der Waals surface area contributed by atoms with Crippen LogP contribution in [0, 0.1) is 17.1 Å². The summed E-state index contributed by atoms with van der Waals surface area (Å²) in [6.07, 6.45) is 0.251. The van der Waals surface area contributed by atoms with Crippen molar-refractivity contribution >= 4 is 45.8 Å². The molecule has 2 aliphatic rings. The van der Waals surface area contributed by atoms with Gasteiger partial charge in [0.25, 0.3) is 11.5 Å². The van der Waals surface area contributed by atoms with E-state index in [2.05, 4.69) is 10.6 Å². The van der Waals surface area contributed by atoms with E-state index in [1.54, 1.807) is 13.8 Å². The number of hydrogen-bond acceptors (Lipinski definition) is 7. The number of anilines is 2. The van der Waals surface area contributed by atoms with Gasteiger partial charge in [0.2, 0.25) is 0 Å². The minimum Gasteiger partial charge on any atom is -0.376 e. The van der Waals surface area contributed by atoms with Gasteiger partial charge in [-0.2, -0.15) is 5.26 Å². The highest BCUT2D eigenvalue weighted by Gasteiger charge is 2.30. The predicted molar refractivity (Wildman–Crippen MR) is 157 cm³/mol. The maximum Gasteiger partial charge on any atom is 0.331 e. The zero-order chi connectivity index (χ0) is 30.8. The average Bonchev–Trinajstić information content (AvgIpc) is 3.49. The monoisotopic (exact) mass is 612 g/mol. The molecule has 3 amide bonds. The Morgan fingerprint density at radius 3 is 2.63 bits per heavy atom. The molecule has 2 N–H and O–H groups in total. The first kappa shape index (κ1) is 30.2. The third-order valence-corrected chi connectivity index (χ3v) is 7.74. The third kappa shape index (κ3) is 6.27. The summed E-state index contributed by atoms with van der Waals surface area (Å²) < 4.78 is 29.0. The summed E-state index contributed by atoms with van der Waals surface area (Å²) in [5, 5.41) is 14.4. The zero-order valence-corrected chi connectivity index (χ0v) is 24.3. The molecule has 0 saturated carbocycles. The Bertz CT molecular complexity index is 1740. The number of hydrogen-bond donors (Lipinski definition) is 2. The number of amides is 3. The second-order valence-corrected chi connectivity index (χ2v) is 11.1. The van der Waals surface area contributed by atoms with Crippen molar-refractivity contribution in [3.8, 4) is 6.07 Å².